The Bertz CT molecular complexity index is 769. The number of fused-ring (bicyclic) bond motifs is 2. The summed E-state index contributed by atoms with van der Waals surface area (Å²) in [6.45, 7) is 1.53. The van der Waals surface area contributed by atoms with E-state index in [4.69, 9.17) is 0 Å². The highest BCUT2D eigenvalue weighted by Crippen LogP contribution is 2.30. The molecule has 23 heavy (non-hydrogen) atoms. The zero-order valence-corrected chi connectivity index (χ0v) is 13.9. The summed E-state index contributed by atoms with van der Waals surface area (Å²) in [4.78, 5) is 29.3. The number of aromatic nitrogens is 3. The molecule has 3 N–H and O–H groups in total. The van der Waals surface area contributed by atoms with Gasteiger partial charge in [-0.15, -0.1) is 12.4 Å². The van der Waals surface area contributed by atoms with E-state index in [0.29, 0.717) is 28.7 Å². The van der Waals surface area contributed by atoms with Gasteiger partial charge in [-0.1, -0.05) is 11.3 Å². The third-order valence-electron chi connectivity index (χ3n) is 4.01. The van der Waals surface area contributed by atoms with Crippen LogP contribution in [0.15, 0.2) is 0 Å². The fourth-order valence-electron chi connectivity index (χ4n) is 2.89. The Morgan fingerprint density at radius 3 is 2.96 bits per heavy atom. The summed E-state index contributed by atoms with van der Waals surface area (Å²) in [6.07, 6.45) is 3.05. The van der Waals surface area contributed by atoms with Crippen molar-refractivity contribution in [3.8, 4) is 0 Å². The van der Waals surface area contributed by atoms with Crippen LogP contribution in [0.5, 0.6) is 0 Å². The van der Waals surface area contributed by atoms with E-state index in [2.05, 4.69) is 25.8 Å². The number of H-pyrrole nitrogens is 1. The third kappa shape index (κ3) is 2.89. The smallest absolute Gasteiger partial charge is 0.278 e. The van der Waals surface area contributed by atoms with Crippen LogP contribution in [0, 0.1) is 0 Å². The summed E-state index contributed by atoms with van der Waals surface area (Å²) in [7, 11) is 0. The molecule has 2 aromatic rings. The maximum absolute atomic E-state index is 12.4. The van der Waals surface area contributed by atoms with Gasteiger partial charge in [0, 0.05) is 37.2 Å². The minimum atomic E-state index is -0.278. The van der Waals surface area contributed by atoms with Crippen LogP contribution in [-0.4, -0.2) is 33.4 Å². The predicted molar refractivity (Wildman–Crippen MR) is 88.6 cm³/mol. The fourth-order valence-corrected chi connectivity index (χ4v) is 3.87. The first kappa shape index (κ1) is 16.1. The van der Waals surface area contributed by atoms with Crippen molar-refractivity contribution in [3.63, 3.8) is 0 Å². The number of thiazole rings is 1. The van der Waals surface area contributed by atoms with Crippen LogP contribution >= 0.6 is 23.7 Å². The lowest BCUT2D eigenvalue weighted by molar-refractivity contribution is 0.0975. The van der Waals surface area contributed by atoms with Crippen molar-refractivity contribution < 1.29 is 9.59 Å². The Morgan fingerprint density at radius 2 is 2.13 bits per heavy atom. The van der Waals surface area contributed by atoms with E-state index in [9.17, 15) is 9.59 Å². The number of rotatable bonds is 2. The number of carbonyl (C=O) groups excluding carboxylic acids is 2. The lowest BCUT2D eigenvalue weighted by atomic mass is 10.0. The van der Waals surface area contributed by atoms with Crippen LogP contribution in [-0.2, 0) is 19.4 Å². The van der Waals surface area contributed by atoms with Gasteiger partial charge in [0.25, 0.3) is 5.91 Å². The molecule has 0 radical (unpaired) electrons. The van der Waals surface area contributed by atoms with Crippen LogP contribution in [0.1, 0.15) is 50.0 Å². The molecule has 1 aliphatic heterocycles. The summed E-state index contributed by atoms with van der Waals surface area (Å²) in [5.74, 6) is -0.152. The number of carbonyl (C=O) groups is 2. The molecule has 0 spiro atoms. The molecule has 4 rings (SSSR count). The molecule has 3 heterocycles. The Labute approximate surface area is 142 Å². The maximum atomic E-state index is 12.4. The van der Waals surface area contributed by atoms with Gasteiger partial charge < -0.3 is 5.32 Å². The average molecular weight is 354 g/mol. The number of hydrogen-bond donors (Lipinski definition) is 3. The fraction of sp³-hybridized carbons (Fsp3) is 0.429. The summed E-state index contributed by atoms with van der Waals surface area (Å²) >= 11 is 1.26. The minimum Gasteiger partial charge on any atom is -0.312 e. The lowest BCUT2D eigenvalue weighted by Gasteiger charge is -2.12. The molecule has 0 unspecified atom stereocenters. The highest BCUT2D eigenvalue weighted by Gasteiger charge is 2.25. The van der Waals surface area contributed by atoms with E-state index in [-0.39, 0.29) is 24.1 Å². The van der Waals surface area contributed by atoms with Crippen molar-refractivity contribution in [1.29, 1.82) is 0 Å². The Morgan fingerprint density at radius 1 is 1.26 bits per heavy atom. The van der Waals surface area contributed by atoms with Gasteiger partial charge in [0.1, 0.15) is 0 Å². The number of anilines is 1. The normalized spacial score (nSPS) is 16.3. The largest absolute Gasteiger partial charge is 0.312 e. The minimum absolute atomic E-state index is 0. The number of Topliss-reactive ketones (excluding diaryl/α,β-unsaturated/α-hetero) is 1. The second-order valence-electron chi connectivity index (χ2n) is 5.48. The van der Waals surface area contributed by atoms with Crippen LogP contribution in [0.25, 0.3) is 0 Å². The quantitative estimate of drug-likeness (QED) is 0.763. The lowest BCUT2D eigenvalue weighted by Crippen LogP contribution is -2.25. The number of hydrogen-bond acceptors (Lipinski definition) is 6. The van der Waals surface area contributed by atoms with E-state index in [0.717, 1.165) is 42.8 Å². The van der Waals surface area contributed by atoms with Crippen molar-refractivity contribution in [2.45, 2.75) is 32.2 Å². The first-order valence-electron chi connectivity index (χ1n) is 7.33. The van der Waals surface area contributed by atoms with Crippen LogP contribution < -0.4 is 10.6 Å². The van der Waals surface area contributed by atoms with Crippen LogP contribution in [0.2, 0.25) is 0 Å². The van der Waals surface area contributed by atoms with E-state index in [1.165, 1.54) is 11.3 Å². The number of amides is 1. The van der Waals surface area contributed by atoms with E-state index < -0.39 is 0 Å². The molecule has 0 bridgehead atoms. The maximum Gasteiger partial charge on any atom is 0.278 e. The highest BCUT2D eigenvalue weighted by atomic mass is 35.5. The van der Waals surface area contributed by atoms with Crippen molar-refractivity contribution in [1.82, 2.24) is 20.5 Å². The van der Waals surface area contributed by atoms with Crippen molar-refractivity contribution >= 4 is 40.6 Å². The second kappa shape index (κ2) is 6.38. The molecule has 1 amide bonds. The molecule has 122 valence electrons. The first-order valence-corrected chi connectivity index (χ1v) is 8.15. The highest BCUT2D eigenvalue weighted by molar-refractivity contribution is 7.17. The summed E-state index contributed by atoms with van der Waals surface area (Å²) in [5.41, 5.74) is 3.14. The zero-order valence-electron chi connectivity index (χ0n) is 12.3. The number of aryl methyl sites for hydroxylation is 1. The number of ketones is 1. The molecule has 9 heteroatoms. The molecule has 0 saturated carbocycles. The Kier molecular flexibility index (Phi) is 4.47. The number of nitrogens with one attached hydrogen (secondary N) is 3. The SMILES string of the molecule is Cl.O=C(Nc1nc2c(s1)C(=O)CCC2)c1n[nH]c2c1CNCC2. The Hall–Kier alpha value is -1.77. The van der Waals surface area contributed by atoms with Gasteiger partial charge in [0.2, 0.25) is 0 Å². The van der Waals surface area contributed by atoms with Gasteiger partial charge in [-0.25, -0.2) is 4.98 Å². The van der Waals surface area contributed by atoms with Crippen LogP contribution in [0.4, 0.5) is 5.13 Å². The van der Waals surface area contributed by atoms with Crippen molar-refractivity contribution in [2.24, 2.45) is 0 Å². The molecule has 1 aliphatic carbocycles. The molecule has 2 aromatic heterocycles. The van der Waals surface area contributed by atoms with Crippen molar-refractivity contribution in [3.05, 3.63) is 27.5 Å². The number of aromatic amines is 1. The standard InChI is InChI=1S/C14H15N5O2S.ClH/c20-10-3-1-2-9-12(10)22-14(16-9)17-13(21)11-7-6-15-5-4-8(7)18-19-11;/h15H,1-6H2,(H,18,19)(H,16,17,21);1H. The predicted octanol–water partition coefficient (Wildman–Crippen LogP) is 1.70. The topological polar surface area (TPSA) is 99.8 Å². The van der Waals surface area contributed by atoms with Crippen LogP contribution in [0.3, 0.4) is 0 Å². The average Bonchev–Trinajstić information content (AvgIpc) is 3.11. The summed E-state index contributed by atoms with van der Waals surface area (Å²) in [6, 6.07) is 0. The van der Waals surface area contributed by atoms with E-state index >= 15 is 0 Å². The Balaban J connectivity index is 0.00000156. The first-order chi connectivity index (χ1) is 10.7. The molecule has 2 aliphatic rings. The van der Waals surface area contributed by atoms with Gasteiger partial charge in [-0.2, -0.15) is 5.10 Å². The monoisotopic (exact) mass is 353 g/mol. The van der Waals surface area contributed by atoms with Gasteiger partial charge in [-0.3, -0.25) is 20.0 Å². The number of halogens is 1. The molecule has 7 nitrogen and oxygen atoms in total. The molecular weight excluding hydrogens is 338 g/mol. The van der Waals surface area contributed by atoms with Gasteiger partial charge in [-0.05, 0) is 12.8 Å². The van der Waals surface area contributed by atoms with Crippen molar-refractivity contribution in [2.75, 3.05) is 11.9 Å². The second-order valence-corrected chi connectivity index (χ2v) is 6.48. The van der Waals surface area contributed by atoms with Gasteiger partial charge >= 0.3 is 0 Å². The molecule has 0 atom stereocenters. The number of nitrogens with zero attached hydrogens (tertiary/aromatic N) is 2. The van der Waals surface area contributed by atoms with Gasteiger partial charge in [0.05, 0.1) is 10.6 Å². The third-order valence-corrected chi connectivity index (χ3v) is 5.06. The summed E-state index contributed by atoms with van der Waals surface area (Å²) in [5, 5.41) is 13.5. The van der Waals surface area contributed by atoms with E-state index in [1.54, 1.807) is 0 Å². The molecule has 0 aromatic carbocycles. The molecular formula is C14H16ClN5O2S. The zero-order chi connectivity index (χ0) is 15.1. The van der Waals surface area contributed by atoms with Gasteiger partial charge in [0.15, 0.2) is 16.6 Å². The molecule has 0 fully saturated rings. The summed E-state index contributed by atoms with van der Waals surface area (Å²) < 4.78 is 0. The van der Waals surface area contributed by atoms with E-state index in [1.807, 2.05) is 0 Å². The molecule has 0 saturated heterocycles.